The number of nitrogens with one attached hydrogen (secondary N) is 1. The number of methoxy groups -OCH3 is 2. The van der Waals surface area contributed by atoms with Gasteiger partial charge in [-0.3, -0.25) is 0 Å². The van der Waals surface area contributed by atoms with E-state index in [1.807, 2.05) is 0 Å². The number of ether oxygens (including phenoxy) is 2. The van der Waals surface area contributed by atoms with Gasteiger partial charge in [0.05, 0.1) is 13.7 Å². The van der Waals surface area contributed by atoms with Crippen molar-refractivity contribution in [3.8, 4) is 5.75 Å². The molecule has 0 aliphatic carbocycles. The molecule has 0 atom stereocenters. The van der Waals surface area contributed by atoms with E-state index in [2.05, 4.69) is 41.7 Å². The standard InChI is InChI=1S/C18H25NO2/c1-20-14-13-19-12-6-5-9-17-16-8-4-3-7-15(16)10-11-18(17)21-2/h3-4,7-8,10-11,19H,5-6,9,12-14H2,1-2H3. The number of aryl methyl sites for hydroxylation is 1. The Bertz CT molecular complexity index is 554. The average molecular weight is 287 g/mol. The van der Waals surface area contributed by atoms with E-state index in [9.17, 15) is 0 Å². The number of hydrogen-bond acceptors (Lipinski definition) is 3. The number of rotatable bonds is 9. The van der Waals surface area contributed by atoms with Crippen LogP contribution in [0.25, 0.3) is 10.8 Å². The van der Waals surface area contributed by atoms with Gasteiger partial charge in [0.15, 0.2) is 0 Å². The van der Waals surface area contributed by atoms with Gasteiger partial charge in [0, 0.05) is 19.2 Å². The van der Waals surface area contributed by atoms with Crippen LogP contribution < -0.4 is 10.1 Å². The van der Waals surface area contributed by atoms with Crippen molar-refractivity contribution in [2.45, 2.75) is 19.3 Å². The summed E-state index contributed by atoms with van der Waals surface area (Å²) in [5.41, 5.74) is 1.33. The fraction of sp³-hybridized carbons (Fsp3) is 0.444. The first-order valence-electron chi connectivity index (χ1n) is 7.61. The Morgan fingerprint density at radius 2 is 1.81 bits per heavy atom. The van der Waals surface area contributed by atoms with Crippen LogP contribution >= 0.6 is 0 Å². The molecule has 0 aromatic heterocycles. The summed E-state index contributed by atoms with van der Waals surface area (Å²) in [5, 5.41) is 5.98. The Labute approximate surface area is 127 Å². The van der Waals surface area contributed by atoms with Gasteiger partial charge in [0.1, 0.15) is 5.75 Å². The number of hydrogen-bond donors (Lipinski definition) is 1. The summed E-state index contributed by atoms with van der Waals surface area (Å²) in [6, 6.07) is 12.7. The van der Waals surface area contributed by atoms with Gasteiger partial charge in [-0.05, 0) is 42.6 Å². The predicted molar refractivity (Wildman–Crippen MR) is 88.2 cm³/mol. The molecule has 0 saturated carbocycles. The summed E-state index contributed by atoms with van der Waals surface area (Å²) in [4.78, 5) is 0. The summed E-state index contributed by atoms with van der Waals surface area (Å²) in [5.74, 6) is 1.00. The van der Waals surface area contributed by atoms with Crippen LogP contribution in [0.15, 0.2) is 36.4 Å². The first-order valence-corrected chi connectivity index (χ1v) is 7.61. The van der Waals surface area contributed by atoms with Crippen molar-refractivity contribution in [1.82, 2.24) is 5.32 Å². The first kappa shape index (κ1) is 15.8. The van der Waals surface area contributed by atoms with Gasteiger partial charge in [-0.1, -0.05) is 30.3 Å². The van der Waals surface area contributed by atoms with Crippen LogP contribution in [0.3, 0.4) is 0 Å². The van der Waals surface area contributed by atoms with Gasteiger partial charge in [-0.2, -0.15) is 0 Å². The summed E-state index contributed by atoms with van der Waals surface area (Å²) >= 11 is 0. The SMILES string of the molecule is COCCNCCCCc1c(OC)ccc2ccccc12. The zero-order chi connectivity index (χ0) is 14.9. The minimum atomic E-state index is 0.775. The van der Waals surface area contributed by atoms with Crippen LogP contribution in [0, 0.1) is 0 Å². The van der Waals surface area contributed by atoms with Gasteiger partial charge in [-0.15, -0.1) is 0 Å². The van der Waals surface area contributed by atoms with Crippen molar-refractivity contribution in [2.75, 3.05) is 33.9 Å². The molecule has 3 heteroatoms. The van der Waals surface area contributed by atoms with Crippen molar-refractivity contribution in [3.63, 3.8) is 0 Å². The highest BCUT2D eigenvalue weighted by Crippen LogP contribution is 2.29. The topological polar surface area (TPSA) is 30.5 Å². The Kier molecular flexibility index (Phi) is 6.51. The highest BCUT2D eigenvalue weighted by Gasteiger charge is 2.07. The van der Waals surface area contributed by atoms with Gasteiger partial charge in [0.25, 0.3) is 0 Å². The number of unbranched alkanes of at least 4 members (excludes halogenated alkanes) is 1. The van der Waals surface area contributed by atoms with Crippen LogP contribution in [-0.4, -0.2) is 33.9 Å². The summed E-state index contributed by atoms with van der Waals surface area (Å²) < 4.78 is 10.5. The molecule has 3 nitrogen and oxygen atoms in total. The molecule has 1 N–H and O–H groups in total. The van der Waals surface area contributed by atoms with Gasteiger partial charge < -0.3 is 14.8 Å². The minimum Gasteiger partial charge on any atom is -0.496 e. The van der Waals surface area contributed by atoms with Crippen LogP contribution in [0.4, 0.5) is 0 Å². The summed E-state index contributed by atoms with van der Waals surface area (Å²) in [6.07, 6.45) is 3.37. The molecule has 2 aromatic rings. The minimum absolute atomic E-state index is 0.775. The highest BCUT2D eigenvalue weighted by molar-refractivity contribution is 5.87. The summed E-state index contributed by atoms with van der Waals surface area (Å²) in [7, 11) is 3.48. The van der Waals surface area contributed by atoms with Crippen molar-refractivity contribution >= 4 is 10.8 Å². The van der Waals surface area contributed by atoms with Crippen molar-refractivity contribution < 1.29 is 9.47 Å². The molecule has 114 valence electrons. The lowest BCUT2D eigenvalue weighted by Crippen LogP contribution is -2.20. The van der Waals surface area contributed by atoms with E-state index >= 15 is 0 Å². The van der Waals surface area contributed by atoms with Crippen LogP contribution in [-0.2, 0) is 11.2 Å². The molecule has 0 bridgehead atoms. The van der Waals surface area contributed by atoms with Crippen LogP contribution in [0.5, 0.6) is 5.75 Å². The van der Waals surface area contributed by atoms with Gasteiger partial charge in [-0.25, -0.2) is 0 Å². The second-order valence-electron chi connectivity index (χ2n) is 5.17. The monoisotopic (exact) mass is 287 g/mol. The first-order chi connectivity index (χ1) is 10.4. The molecular weight excluding hydrogens is 262 g/mol. The Morgan fingerprint density at radius 3 is 2.62 bits per heavy atom. The number of fused-ring (bicyclic) bond motifs is 1. The molecule has 21 heavy (non-hydrogen) atoms. The van der Waals surface area contributed by atoms with Crippen molar-refractivity contribution in [1.29, 1.82) is 0 Å². The fourth-order valence-electron chi connectivity index (χ4n) is 2.62. The third-order valence-electron chi connectivity index (χ3n) is 3.73. The number of benzene rings is 2. The third kappa shape index (κ3) is 4.45. The van der Waals surface area contributed by atoms with Crippen molar-refractivity contribution in [3.05, 3.63) is 42.0 Å². The molecule has 0 saturated heterocycles. The molecule has 0 amide bonds. The Balaban J connectivity index is 1.94. The maximum Gasteiger partial charge on any atom is 0.122 e. The van der Waals surface area contributed by atoms with Gasteiger partial charge >= 0.3 is 0 Å². The Morgan fingerprint density at radius 1 is 0.952 bits per heavy atom. The summed E-state index contributed by atoms with van der Waals surface area (Å²) in [6.45, 7) is 2.74. The normalized spacial score (nSPS) is 11.0. The zero-order valence-corrected chi connectivity index (χ0v) is 13.0. The molecule has 0 unspecified atom stereocenters. The smallest absolute Gasteiger partial charge is 0.122 e. The molecule has 0 radical (unpaired) electrons. The average Bonchev–Trinajstić information content (AvgIpc) is 2.54. The van der Waals surface area contributed by atoms with E-state index < -0.39 is 0 Å². The molecule has 0 heterocycles. The lowest BCUT2D eigenvalue weighted by Gasteiger charge is -2.12. The Hall–Kier alpha value is -1.58. The molecule has 0 fully saturated rings. The highest BCUT2D eigenvalue weighted by atomic mass is 16.5. The third-order valence-corrected chi connectivity index (χ3v) is 3.73. The quantitative estimate of drug-likeness (QED) is 0.717. The van der Waals surface area contributed by atoms with Crippen LogP contribution in [0.1, 0.15) is 18.4 Å². The van der Waals surface area contributed by atoms with E-state index in [0.29, 0.717) is 0 Å². The van der Waals surface area contributed by atoms with E-state index in [1.165, 1.54) is 16.3 Å². The largest absolute Gasteiger partial charge is 0.496 e. The predicted octanol–water partition coefficient (Wildman–Crippen LogP) is 3.41. The zero-order valence-electron chi connectivity index (χ0n) is 13.0. The van der Waals surface area contributed by atoms with E-state index in [0.717, 1.165) is 44.7 Å². The second kappa shape index (κ2) is 8.65. The molecule has 0 aliphatic heterocycles. The lowest BCUT2D eigenvalue weighted by atomic mass is 9.99. The maximum atomic E-state index is 5.53. The van der Waals surface area contributed by atoms with E-state index in [1.54, 1.807) is 14.2 Å². The second-order valence-corrected chi connectivity index (χ2v) is 5.17. The van der Waals surface area contributed by atoms with Crippen LogP contribution in [0.2, 0.25) is 0 Å². The maximum absolute atomic E-state index is 5.53. The van der Waals surface area contributed by atoms with E-state index in [4.69, 9.17) is 9.47 Å². The molecular formula is C18H25NO2. The van der Waals surface area contributed by atoms with E-state index in [-0.39, 0.29) is 0 Å². The fourth-order valence-corrected chi connectivity index (χ4v) is 2.62. The van der Waals surface area contributed by atoms with Gasteiger partial charge in [0.2, 0.25) is 0 Å². The molecule has 0 aliphatic rings. The lowest BCUT2D eigenvalue weighted by molar-refractivity contribution is 0.199. The molecule has 0 spiro atoms. The molecule has 2 rings (SSSR count). The van der Waals surface area contributed by atoms with Crippen molar-refractivity contribution in [2.24, 2.45) is 0 Å². The molecule has 2 aromatic carbocycles.